The fourth-order valence-corrected chi connectivity index (χ4v) is 4.39. The maximum atomic E-state index is 13.6. The number of nitrogens with zero attached hydrogens (tertiary/aromatic N) is 3. The smallest absolute Gasteiger partial charge is 0.254 e. The number of para-hydroxylation sites is 2. The Morgan fingerprint density at radius 3 is 2.42 bits per heavy atom. The molecule has 1 aromatic heterocycles. The van der Waals surface area contributed by atoms with E-state index < -0.39 is 0 Å². The van der Waals surface area contributed by atoms with Gasteiger partial charge in [-0.05, 0) is 68.3 Å². The van der Waals surface area contributed by atoms with E-state index in [2.05, 4.69) is 0 Å². The lowest BCUT2D eigenvalue weighted by Gasteiger charge is -2.26. The first kappa shape index (κ1) is 23.8. The van der Waals surface area contributed by atoms with Gasteiger partial charge in [0, 0.05) is 18.7 Å². The first-order valence-corrected chi connectivity index (χ1v) is 12.1. The zero-order valence-electron chi connectivity index (χ0n) is 20.1. The molecule has 0 spiro atoms. The van der Waals surface area contributed by atoms with Gasteiger partial charge in [-0.3, -0.25) is 4.79 Å². The number of benzene rings is 3. The van der Waals surface area contributed by atoms with Gasteiger partial charge in [-0.2, -0.15) is 5.10 Å². The standard InChI is InChI=1S/C29H28FN3O3/c1-21-27(20-32(19-26-13-8-18-35-26)28(34)22-14-16-23(30)17-15-22)29(36-25-11-6-3-7-12-25)33(31-21)24-9-4-2-5-10-24/h2-7,9-12,14-17,26H,8,13,18-20H2,1H3. The Morgan fingerprint density at radius 1 is 1.06 bits per heavy atom. The highest BCUT2D eigenvalue weighted by Crippen LogP contribution is 2.32. The summed E-state index contributed by atoms with van der Waals surface area (Å²) in [4.78, 5) is 15.3. The second-order valence-corrected chi connectivity index (χ2v) is 8.86. The van der Waals surface area contributed by atoms with E-state index in [1.807, 2.05) is 67.6 Å². The van der Waals surface area contributed by atoms with E-state index in [4.69, 9.17) is 14.6 Å². The molecule has 2 heterocycles. The van der Waals surface area contributed by atoms with Crippen LogP contribution in [0.3, 0.4) is 0 Å². The summed E-state index contributed by atoms with van der Waals surface area (Å²) in [6.45, 7) is 3.31. The Bertz CT molecular complexity index is 1300. The van der Waals surface area contributed by atoms with Gasteiger partial charge in [0.25, 0.3) is 5.91 Å². The molecular formula is C29H28FN3O3. The van der Waals surface area contributed by atoms with Crippen LogP contribution in [0.2, 0.25) is 0 Å². The largest absolute Gasteiger partial charge is 0.439 e. The monoisotopic (exact) mass is 485 g/mol. The second-order valence-electron chi connectivity index (χ2n) is 8.86. The summed E-state index contributed by atoms with van der Waals surface area (Å²) in [6, 6.07) is 24.9. The fraction of sp³-hybridized carbons (Fsp3) is 0.241. The molecule has 0 saturated carbocycles. The number of rotatable bonds is 8. The quantitative estimate of drug-likeness (QED) is 0.310. The SMILES string of the molecule is Cc1nn(-c2ccccc2)c(Oc2ccccc2)c1CN(CC1CCCO1)C(=O)c1ccc(F)cc1. The van der Waals surface area contributed by atoms with E-state index in [9.17, 15) is 9.18 Å². The van der Waals surface area contributed by atoms with Gasteiger partial charge in [0.2, 0.25) is 5.88 Å². The van der Waals surface area contributed by atoms with Gasteiger partial charge in [-0.1, -0.05) is 36.4 Å². The molecule has 1 amide bonds. The number of aryl methyl sites for hydroxylation is 1. The zero-order valence-corrected chi connectivity index (χ0v) is 20.1. The molecule has 5 rings (SSSR count). The fourth-order valence-electron chi connectivity index (χ4n) is 4.39. The van der Waals surface area contributed by atoms with Crippen LogP contribution in [0.15, 0.2) is 84.9 Å². The molecule has 184 valence electrons. The Kier molecular flexibility index (Phi) is 7.09. The van der Waals surface area contributed by atoms with Gasteiger partial charge in [-0.25, -0.2) is 9.07 Å². The highest BCUT2D eigenvalue weighted by molar-refractivity contribution is 5.94. The summed E-state index contributed by atoms with van der Waals surface area (Å²) in [5.74, 6) is 0.652. The minimum absolute atomic E-state index is 0.0441. The van der Waals surface area contributed by atoms with Crippen molar-refractivity contribution in [2.45, 2.75) is 32.4 Å². The molecule has 7 heteroatoms. The van der Waals surface area contributed by atoms with Gasteiger partial charge < -0.3 is 14.4 Å². The summed E-state index contributed by atoms with van der Waals surface area (Å²) in [6.07, 6.45) is 1.82. The molecule has 1 saturated heterocycles. The lowest BCUT2D eigenvalue weighted by atomic mass is 10.1. The van der Waals surface area contributed by atoms with Crippen LogP contribution in [0.1, 0.15) is 34.5 Å². The molecule has 1 aliphatic heterocycles. The zero-order chi connectivity index (χ0) is 24.9. The van der Waals surface area contributed by atoms with Crippen LogP contribution in [0.5, 0.6) is 11.6 Å². The number of carbonyl (C=O) groups excluding carboxylic acids is 1. The molecule has 36 heavy (non-hydrogen) atoms. The average Bonchev–Trinajstić information content (AvgIpc) is 3.53. The number of halogens is 1. The first-order valence-electron chi connectivity index (χ1n) is 12.1. The highest BCUT2D eigenvalue weighted by Gasteiger charge is 2.28. The van der Waals surface area contributed by atoms with Crippen molar-refractivity contribution in [1.82, 2.24) is 14.7 Å². The summed E-state index contributed by atoms with van der Waals surface area (Å²) < 4.78 is 27.5. The number of carbonyl (C=O) groups is 1. The van der Waals surface area contributed by atoms with Crippen LogP contribution in [-0.4, -0.2) is 39.8 Å². The summed E-state index contributed by atoms with van der Waals surface area (Å²) >= 11 is 0. The summed E-state index contributed by atoms with van der Waals surface area (Å²) in [5.41, 5.74) is 2.84. The third-order valence-corrected chi connectivity index (χ3v) is 6.27. The number of hydrogen-bond donors (Lipinski definition) is 0. The molecule has 0 bridgehead atoms. The average molecular weight is 486 g/mol. The summed E-state index contributed by atoms with van der Waals surface area (Å²) in [7, 11) is 0. The van der Waals surface area contributed by atoms with Crippen molar-refractivity contribution in [3.63, 3.8) is 0 Å². The molecule has 0 radical (unpaired) electrons. The Balaban J connectivity index is 1.53. The lowest BCUT2D eigenvalue weighted by molar-refractivity contribution is 0.0505. The lowest BCUT2D eigenvalue weighted by Crippen LogP contribution is -2.37. The minimum Gasteiger partial charge on any atom is -0.439 e. The van der Waals surface area contributed by atoms with E-state index in [0.717, 1.165) is 29.8 Å². The van der Waals surface area contributed by atoms with Gasteiger partial charge in [0.05, 0.1) is 29.6 Å². The Labute approximate surface area is 209 Å². The van der Waals surface area contributed by atoms with Crippen LogP contribution in [0.4, 0.5) is 4.39 Å². The van der Waals surface area contributed by atoms with Crippen molar-refractivity contribution in [1.29, 1.82) is 0 Å². The van der Waals surface area contributed by atoms with E-state index >= 15 is 0 Å². The summed E-state index contributed by atoms with van der Waals surface area (Å²) in [5, 5.41) is 4.78. The number of amides is 1. The van der Waals surface area contributed by atoms with Gasteiger partial charge in [-0.15, -0.1) is 0 Å². The number of hydrogen-bond acceptors (Lipinski definition) is 4. The van der Waals surface area contributed by atoms with Gasteiger partial charge >= 0.3 is 0 Å². The van der Waals surface area contributed by atoms with Crippen LogP contribution in [-0.2, 0) is 11.3 Å². The molecule has 1 fully saturated rings. The molecular weight excluding hydrogens is 457 g/mol. The number of aromatic nitrogens is 2. The molecule has 3 aromatic carbocycles. The molecule has 1 unspecified atom stereocenters. The number of ether oxygens (including phenoxy) is 2. The predicted octanol–water partition coefficient (Wildman–Crippen LogP) is 5.93. The van der Waals surface area contributed by atoms with Crippen LogP contribution in [0.25, 0.3) is 5.69 Å². The Hall–Kier alpha value is -3.97. The predicted molar refractivity (Wildman–Crippen MR) is 135 cm³/mol. The normalized spacial score (nSPS) is 15.1. The maximum Gasteiger partial charge on any atom is 0.254 e. The minimum atomic E-state index is -0.379. The van der Waals surface area contributed by atoms with Crippen molar-refractivity contribution in [3.05, 3.63) is 108 Å². The molecule has 6 nitrogen and oxygen atoms in total. The van der Waals surface area contributed by atoms with Crippen molar-refractivity contribution in [2.75, 3.05) is 13.2 Å². The van der Waals surface area contributed by atoms with E-state index in [0.29, 0.717) is 30.3 Å². The molecule has 1 aliphatic rings. The molecule has 1 atom stereocenters. The van der Waals surface area contributed by atoms with E-state index in [-0.39, 0.29) is 24.4 Å². The van der Waals surface area contributed by atoms with Crippen LogP contribution >= 0.6 is 0 Å². The van der Waals surface area contributed by atoms with E-state index in [1.54, 1.807) is 9.58 Å². The van der Waals surface area contributed by atoms with Crippen molar-refractivity contribution < 1.29 is 18.7 Å². The van der Waals surface area contributed by atoms with Crippen molar-refractivity contribution in [2.24, 2.45) is 0 Å². The molecule has 0 N–H and O–H groups in total. The third-order valence-electron chi connectivity index (χ3n) is 6.27. The first-order chi connectivity index (χ1) is 17.6. The van der Waals surface area contributed by atoms with Crippen molar-refractivity contribution >= 4 is 5.91 Å². The van der Waals surface area contributed by atoms with Gasteiger partial charge in [0.15, 0.2) is 0 Å². The van der Waals surface area contributed by atoms with Crippen LogP contribution < -0.4 is 4.74 Å². The molecule has 4 aromatic rings. The second kappa shape index (κ2) is 10.7. The maximum absolute atomic E-state index is 13.6. The highest BCUT2D eigenvalue weighted by atomic mass is 19.1. The van der Waals surface area contributed by atoms with E-state index in [1.165, 1.54) is 24.3 Å². The van der Waals surface area contributed by atoms with Crippen molar-refractivity contribution in [3.8, 4) is 17.3 Å². The van der Waals surface area contributed by atoms with Crippen LogP contribution in [0, 0.1) is 12.7 Å². The Morgan fingerprint density at radius 2 is 1.75 bits per heavy atom. The third kappa shape index (κ3) is 5.31. The topological polar surface area (TPSA) is 56.6 Å². The molecule has 0 aliphatic carbocycles. The van der Waals surface area contributed by atoms with Gasteiger partial charge in [0.1, 0.15) is 11.6 Å².